The van der Waals surface area contributed by atoms with Gasteiger partial charge < -0.3 is 5.32 Å². The van der Waals surface area contributed by atoms with Crippen LogP contribution in [0.5, 0.6) is 0 Å². The molecule has 3 aromatic carbocycles. The first-order valence-corrected chi connectivity index (χ1v) is 10.9. The molecule has 0 saturated carbocycles. The number of nitrogens with one attached hydrogen (secondary N) is 2. The molecule has 0 atom stereocenters. The van der Waals surface area contributed by atoms with Crippen molar-refractivity contribution < 1.29 is 13.2 Å². The van der Waals surface area contributed by atoms with Crippen LogP contribution < -0.4 is 10.0 Å². The van der Waals surface area contributed by atoms with E-state index in [1.165, 1.54) is 0 Å². The van der Waals surface area contributed by atoms with E-state index in [1.807, 2.05) is 43.3 Å². The number of carbonyl (C=O) groups is 1. The van der Waals surface area contributed by atoms with E-state index in [9.17, 15) is 13.2 Å². The minimum Gasteiger partial charge on any atom is -0.352 e. The molecule has 0 aliphatic rings. The van der Waals surface area contributed by atoms with Crippen LogP contribution in [0.15, 0.2) is 77.7 Å². The molecule has 0 radical (unpaired) electrons. The summed E-state index contributed by atoms with van der Waals surface area (Å²) in [6, 6.07) is 21.6. The highest BCUT2D eigenvalue weighted by Gasteiger charge is 2.17. The molecular formula is C23H24N2O3S. The third-order valence-corrected chi connectivity index (χ3v) is 6.10. The van der Waals surface area contributed by atoms with Gasteiger partial charge in [-0.25, -0.2) is 8.42 Å². The Kier molecular flexibility index (Phi) is 6.34. The number of sulfonamides is 1. The Balaban J connectivity index is 1.62. The highest BCUT2D eigenvalue weighted by molar-refractivity contribution is 7.92. The number of hydrogen-bond acceptors (Lipinski definition) is 3. The van der Waals surface area contributed by atoms with Gasteiger partial charge in [0, 0.05) is 17.8 Å². The van der Waals surface area contributed by atoms with E-state index in [-0.39, 0.29) is 10.8 Å². The fourth-order valence-electron chi connectivity index (χ4n) is 2.96. The summed E-state index contributed by atoms with van der Waals surface area (Å²) in [5.74, 6) is -0.190. The number of rotatable bonds is 7. The van der Waals surface area contributed by atoms with E-state index in [2.05, 4.69) is 10.0 Å². The van der Waals surface area contributed by atoms with E-state index in [4.69, 9.17) is 0 Å². The van der Waals surface area contributed by atoms with Crippen LogP contribution in [0.1, 0.15) is 27.0 Å². The van der Waals surface area contributed by atoms with Crippen molar-refractivity contribution >= 4 is 21.6 Å². The zero-order valence-corrected chi connectivity index (χ0v) is 17.3. The molecule has 5 nitrogen and oxygen atoms in total. The monoisotopic (exact) mass is 408 g/mol. The highest BCUT2D eigenvalue weighted by Crippen LogP contribution is 2.21. The van der Waals surface area contributed by atoms with E-state index in [1.54, 1.807) is 43.3 Å². The van der Waals surface area contributed by atoms with Gasteiger partial charge in [0.05, 0.1) is 4.90 Å². The van der Waals surface area contributed by atoms with Crippen LogP contribution in [0, 0.1) is 13.8 Å². The molecule has 29 heavy (non-hydrogen) atoms. The van der Waals surface area contributed by atoms with Crippen LogP contribution in [-0.4, -0.2) is 20.9 Å². The molecule has 0 aliphatic heterocycles. The van der Waals surface area contributed by atoms with Gasteiger partial charge in [0.15, 0.2) is 0 Å². The molecule has 3 aromatic rings. The van der Waals surface area contributed by atoms with Crippen LogP contribution >= 0.6 is 0 Å². The van der Waals surface area contributed by atoms with Gasteiger partial charge in [0.1, 0.15) is 0 Å². The van der Waals surface area contributed by atoms with E-state index >= 15 is 0 Å². The van der Waals surface area contributed by atoms with Crippen molar-refractivity contribution in [1.82, 2.24) is 5.32 Å². The van der Waals surface area contributed by atoms with Crippen molar-refractivity contribution in [2.75, 3.05) is 11.3 Å². The molecule has 0 bridgehead atoms. The minimum atomic E-state index is -3.69. The topological polar surface area (TPSA) is 75.3 Å². The van der Waals surface area contributed by atoms with Crippen LogP contribution in [-0.2, 0) is 16.4 Å². The Morgan fingerprint density at radius 3 is 2.28 bits per heavy atom. The second kappa shape index (κ2) is 8.92. The second-order valence-electron chi connectivity index (χ2n) is 6.94. The maximum atomic E-state index is 12.7. The summed E-state index contributed by atoms with van der Waals surface area (Å²) >= 11 is 0. The highest BCUT2D eigenvalue weighted by atomic mass is 32.2. The van der Waals surface area contributed by atoms with Crippen molar-refractivity contribution in [3.05, 3.63) is 95.1 Å². The number of hydrogen-bond donors (Lipinski definition) is 2. The number of carbonyl (C=O) groups excluding carboxylic acids is 1. The van der Waals surface area contributed by atoms with Crippen molar-refractivity contribution in [2.45, 2.75) is 25.2 Å². The van der Waals surface area contributed by atoms with E-state index in [0.717, 1.165) is 17.5 Å². The number of amides is 1. The first-order chi connectivity index (χ1) is 13.8. The lowest BCUT2D eigenvalue weighted by Gasteiger charge is -2.12. The van der Waals surface area contributed by atoms with E-state index < -0.39 is 10.0 Å². The summed E-state index contributed by atoms with van der Waals surface area (Å²) in [5, 5.41) is 2.88. The maximum Gasteiger partial charge on any atom is 0.262 e. The zero-order valence-electron chi connectivity index (χ0n) is 16.5. The third kappa shape index (κ3) is 5.45. The molecule has 0 fully saturated rings. The van der Waals surface area contributed by atoms with Gasteiger partial charge in [-0.05, 0) is 67.3 Å². The van der Waals surface area contributed by atoms with Crippen molar-refractivity contribution in [3.8, 4) is 0 Å². The van der Waals surface area contributed by atoms with Gasteiger partial charge in [0.2, 0.25) is 0 Å². The lowest BCUT2D eigenvalue weighted by Crippen LogP contribution is -2.25. The standard InChI is InChI=1S/C23H24N2O3S/c1-17-8-9-18(2)22(16-17)29(27,28)25-21-12-10-20(11-13-21)23(26)24-15-14-19-6-4-3-5-7-19/h3-13,16,25H,14-15H2,1-2H3,(H,24,26). The van der Waals surface area contributed by atoms with Gasteiger partial charge in [-0.1, -0.05) is 42.5 Å². The fraction of sp³-hybridized carbons (Fsp3) is 0.174. The SMILES string of the molecule is Cc1ccc(C)c(S(=O)(=O)Nc2ccc(C(=O)NCCc3ccccc3)cc2)c1. The Morgan fingerprint density at radius 1 is 0.897 bits per heavy atom. The Labute approximate surface area is 171 Å². The molecule has 6 heteroatoms. The van der Waals surface area contributed by atoms with Gasteiger partial charge in [0.25, 0.3) is 15.9 Å². The van der Waals surface area contributed by atoms with Crippen LogP contribution in [0.2, 0.25) is 0 Å². The smallest absolute Gasteiger partial charge is 0.262 e. The molecule has 150 valence electrons. The molecule has 0 spiro atoms. The summed E-state index contributed by atoms with van der Waals surface area (Å²) < 4.78 is 27.9. The van der Waals surface area contributed by atoms with E-state index in [0.29, 0.717) is 23.4 Å². The lowest BCUT2D eigenvalue weighted by atomic mass is 10.1. The van der Waals surface area contributed by atoms with Gasteiger partial charge in [-0.15, -0.1) is 0 Å². The average molecular weight is 409 g/mol. The third-order valence-electron chi connectivity index (χ3n) is 4.57. The predicted octanol–water partition coefficient (Wildman–Crippen LogP) is 4.08. The van der Waals surface area contributed by atoms with Crippen LogP contribution in [0.3, 0.4) is 0 Å². The van der Waals surface area contributed by atoms with Gasteiger partial charge in [-0.2, -0.15) is 0 Å². The maximum absolute atomic E-state index is 12.7. The second-order valence-corrected chi connectivity index (χ2v) is 8.59. The number of benzene rings is 3. The summed E-state index contributed by atoms with van der Waals surface area (Å²) in [4.78, 5) is 12.5. The summed E-state index contributed by atoms with van der Waals surface area (Å²) in [6.45, 7) is 4.14. The molecule has 0 aliphatic carbocycles. The van der Waals surface area contributed by atoms with Crippen LogP contribution in [0.25, 0.3) is 0 Å². The van der Waals surface area contributed by atoms with Crippen molar-refractivity contribution in [3.63, 3.8) is 0 Å². The average Bonchev–Trinajstić information content (AvgIpc) is 2.70. The molecular weight excluding hydrogens is 384 g/mol. The molecule has 1 amide bonds. The Hall–Kier alpha value is -3.12. The molecule has 0 aromatic heterocycles. The van der Waals surface area contributed by atoms with Crippen molar-refractivity contribution in [2.24, 2.45) is 0 Å². The summed E-state index contributed by atoms with van der Waals surface area (Å²) in [7, 11) is -3.69. The summed E-state index contributed by atoms with van der Waals surface area (Å²) in [5.41, 5.74) is 3.60. The van der Waals surface area contributed by atoms with Crippen molar-refractivity contribution in [1.29, 1.82) is 0 Å². The predicted molar refractivity (Wildman–Crippen MR) is 116 cm³/mol. The first kappa shape index (κ1) is 20.6. The lowest BCUT2D eigenvalue weighted by molar-refractivity contribution is 0.0954. The molecule has 0 saturated heterocycles. The quantitative estimate of drug-likeness (QED) is 0.619. The first-order valence-electron chi connectivity index (χ1n) is 9.37. The Morgan fingerprint density at radius 2 is 1.59 bits per heavy atom. The molecule has 0 unspecified atom stereocenters. The van der Waals surface area contributed by atoms with Gasteiger partial charge >= 0.3 is 0 Å². The molecule has 3 rings (SSSR count). The van der Waals surface area contributed by atoms with Crippen LogP contribution in [0.4, 0.5) is 5.69 Å². The molecule has 0 heterocycles. The zero-order chi connectivity index (χ0) is 20.9. The van der Waals surface area contributed by atoms with Gasteiger partial charge in [-0.3, -0.25) is 9.52 Å². The number of anilines is 1. The minimum absolute atomic E-state index is 0.190. The number of aryl methyl sites for hydroxylation is 2. The molecule has 2 N–H and O–H groups in total. The Bertz CT molecular complexity index is 1090. The largest absolute Gasteiger partial charge is 0.352 e. The normalized spacial score (nSPS) is 11.1. The summed E-state index contributed by atoms with van der Waals surface area (Å²) in [6.07, 6.45) is 0.750. The fourth-order valence-corrected chi connectivity index (χ4v) is 4.35.